The molecule has 8 heteroatoms. The first-order valence-electron chi connectivity index (χ1n) is 8.53. The van der Waals surface area contributed by atoms with Crippen LogP contribution in [0.15, 0.2) is 59.7 Å². The topological polar surface area (TPSA) is 97.2 Å². The second kappa shape index (κ2) is 9.07. The molecule has 0 atom stereocenters. The zero-order valence-electron chi connectivity index (χ0n) is 15.4. The maximum atomic E-state index is 12.5. The maximum absolute atomic E-state index is 12.5. The number of nitrogens with one attached hydrogen (secondary N) is 1. The molecule has 2 N–H and O–H groups in total. The van der Waals surface area contributed by atoms with Crippen molar-refractivity contribution in [2.45, 2.75) is 0 Å². The van der Waals surface area contributed by atoms with Crippen molar-refractivity contribution in [2.75, 3.05) is 13.7 Å². The molecule has 0 aromatic heterocycles. The molecule has 0 radical (unpaired) electrons. The number of hydrazone groups is 1. The minimum absolute atomic E-state index is 0.119. The van der Waals surface area contributed by atoms with E-state index in [1.54, 1.807) is 18.2 Å². The van der Waals surface area contributed by atoms with Crippen LogP contribution >= 0.6 is 11.6 Å². The SMILES string of the molecule is COc1cc(/C=N/NC(=O)c2cccc3ccccc23)cc(Cl)c1OCC(=O)O. The predicted octanol–water partition coefficient (Wildman–Crippen LogP) is 3.73. The number of fused-ring (bicyclic) bond motifs is 1. The predicted molar refractivity (Wildman–Crippen MR) is 110 cm³/mol. The molecule has 1 amide bonds. The molecular formula is C21H17ClN2O5. The van der Waals surface area contributed by atoms with E-state index in [0.717, 1.165) is 10.8 Å². The number of halogens is 1. The van der Waals surface area contributed by atoms with E-state index in [9.17, 15) is 9.59 Å². The van der Waals surface area contributed by atoms with Crippen LogP contribution in [0.4, 0.5) is 0 Å². The smallest absolute Gasteiger partial charge is 0.341 e. The number of carbonyl (C=O) groups is 2. The van der Waals surface area contributed by atoms with E-state index in [-0.39, 0.29) is 22.4 Å². The molecule has 3 rings (SSSR count). The summed E-state index contributed by atoms with van der Waals surface area (Å²) in [5, 5.41) is 14.7. The number of amides is 1. The van der Waals surface area contributed by atoms with Gasteiger partial charge < -0.3 is 14.6 Å². The van der Waals surface area contributed by atoms with Gasteiger partial charge in [0.1, 0.15) is 0 Å². The lowest BCUT2D eigenvalue weighted by atomic mass is 10.0. The van der Waals surface area contributed by atoms with E-state index in [0.29, 0.717) is 11.1 Å². The van der Waals surface area contributed by atoms with E-state index in [1.165, 1.54) is 19.4 Å². The molecule has 7 nitrogen and oxygen atoms in total. The van der Waals surface area contributed by atoms with Crippen molar-refractivity contribution in [1.82, 2.24) is 5.43 Å². The summed E-state index contributed by atoms with van der Waals surface area (Å²) in [7, 11) is 1.41. The second-order valence-electron chi connectivity index (χ2n) is 5.94. The van der Waals surface area contributed by atoms with Crippen LogP contribution in [-0.2, 0) is 4.79 Å². The molecule has 0 spiro atoms. The number of carboxylic acid groups (broad SMARTS) is 1. The van der Waals surface area contributed by atoms with E-state index in [2.05, 4.69) is 10.5 Å². The Morgan fingerprint density at radius 2 is 1.93 bits per heavy atom. The highest BCUT2D eigenvalue weighted by Crippen LogP contribution is 2.36. The van der Waals surface area contributed by atoms with E-state index in [4.69, 9.17) is 26.2 Å². The van der Waals surface area contributed by atoms with Gasteiger partial charge in [-0.05, 0) is 34.5 Å². The van der Waals surface area contributed by atoms with Gasteiger partial charge in [0.2, 0.25) is 0 Å². The number of benzene rings is 3. The van der Waals surface area contributed by atoms with Gasteiger partial charge in [-0.25, -0.2) is 10.2 Å². The van der Waals surface area contributed by atoms with Gasteiger partial charge in [-0.1, -0.05) is 48.0 Å². The minimum Gasteiger partial charge on any atom is -0.493 e. The summed E-state index contributed by atoms with van der Waals surface area (Å²) in [6, 6.07) is 16.1. The number of ether oxygens (including phenoxy) is 2. The van der Waals surface area contributed by atoms with Gasteiger partial charge in [-0.15, -0.1) is 0 Å². The van der Waals surface area contributed by atoms with Crippen molar-refractivity contribution < 1.29 is 24.2 Å². The average Bonchev–Trinajstić information content (AvgIpc) is 2.71. The Morgan fingerprint density at radius 1 is 1.17 bits per heavy atom. The fourth-order valence-electron chi connectivity index (χ4n) is 2.74. The lowest BCUT2D eigenvalue weighted by Crippen LogP contribution is -2.17. The highest BCUT2D eigenvalue weighted by Gasteiger charge is 2.13. The Kier molecular flexibility index (Phi) is 6.31. The van der Waals surface area contributed by atoms with Crippen molar-refractivity contribution in [3.05, 3.63) is 70.7 Å². The van der Waals surface area contributed by atoms with Gasteiger partial charge in [0.15, 0.2) is 18.1 Å². The minimum atomic E-state index is -1.13. The van der Waals surface area contributed by atoms with E-state index >= 15 is 0 Å². The number of rotatable bonds is 7. The Morgan fingerprint density at radius 3 is 2.69 bits per heavy atom. The van der Waals surface area contributed by atoms with Crippen molar-refractivity contribution in [3.63, 3.8) is 0 Å². The lowest BCUT2D eigenvalue weighted by Gasteiger charge is -2.11. The number of methoxy groups -OCH3 is 1. The second-order valence-corrected chi connectivity index (χ2v) is 6.35. The summed E-state index contributed by atoms with van der Waals surface area (Å²) in [6.45, 7) is -0.551. The largest absolute Gasteiger partial charge is 0.493 e. The van der Waals surface area contributed by atoms with Crippen LogP contribution in [0, 0.1) is 0 Å². The Balaban J connectivity index is 1.76. The number of hydrogen-bond donors (Lipinski definition) is 2. The first kappa shape index (κ1) is 20.2. The van der Waals surface area contributed by atoms with Crippen LogP contribution in [-0.4, -0.2) is 36.9 Å². The quantitative estimate of drug-likeness (QED) is 0.455. The first-order chi connectivity index (χ1) is 14.0. The fraction of sp³-hybridized carbons (Fsp3) is 0.0952. The van der Waals surface area contributed by atoms with Gasteiger partial charge in [-0.2, -0.15) is 5.10 Å². The molecule has 3 aromatic carbocycles. The molecule has 148 valence electrons. The number of hydrogen-bond acceptors (Lipinski definition) is 5. The normalized spacial score (nSPS) is 10.8. The Hall–Kier alpha value is -3.58. The standard InChI is InChI=1S/C21H17ClN2O5/c1-28-18-10-13(9-17(22)20(18)29-12-19(25)26)11-23-24-21(27)16-8-4-6-14-5-2-3-7-15(14)16/h2-11H,12H2,1H3,(H,24,27)(H,25,26)/b23-11+. The summed E-state index contributed by atoms with van der Waals surface area (Å²) < 4.78 is 10.3. The summed E-state index contributed by atoms with van der Waals surface area (Å²) in [5.41, 5.74) is 3.53. The van der Waals surface area contributed by atoms with Gasteiger partial charge in [0.25, 0.3) is 5.91 Å². The third-order valence-electron chi connectivity index (χ3n) is 4.01. The molecule has 0 aliphatic rings. The summed E-state index contributed by atoms with van der Waals surface area (Å²) in [5.74, 6) is -1.11. The van der Waals surface area contributed by atoms with Gasteiger partial charge in [-0.3, -0.25) is 4.79 Å². The third-order valence-corrected chi connectivity index (χ3v) is 4.29. The zero-order valence-corrected chi connectivity index (χ0v) is 16.1. The highest BCUT2D eigenvalue weighted by atomic mass is 35.5. The molecule has 0 aliphatic heterocycles. The molecule has 3 aromatic rings. The van der Waals surface area contributed by atoms with Crippen molar-refractivity contribution in [3.8, 4) is 11.5 Å². The van der Waals surface area contributed by atoms with Crippen LogP contribution in [0.3, 0.4) is 0 Å². The van der Waals surface area contributed by atoms with Crippen molar-refractivity contribution >= 4 is 40.5 Å². The molecule has 0 bridgehead atoms. The third kappa shape index (κ3) is 4.83. The fourth-order valence-corrected chi connectivity index (χ4v) is 3.01. The summed E-state index contributed by atoms with van der Waals surface area (Å²) >= 11 is 6.15. The highest BCUT2D eigenvalue weighted by molar-refractivity contribution is 6.32. The maximum Gasteiger partial charge on any atom is 0.341 e. The molecule has 0 aliphatic carbocycles. The lowest BCUT2D eigenvalue weighted by molar-refractivity contribution is -0.139. The van der Waals surface area contributed by atoms with Crippen LogP contribution < -0.4 is 14.9 Å². The number of carbonyl (C=O) groups excluding carboxylic acids is 1. The van der Waals surface area contributed by atoms with Gasteiger partial charge in [0, 0.05) is 5.56 Å². The van der Waals surface area contributed by atoms with Gasteiger partial charge >= 0.3 is 5.97 Å². The van der Waals surface area contributed by atoms with Gasteiger partial charge in [0.05, 0.1) is 18.3 Å². The Labute approximate surface area is 171 Å². The monoisotopic (exact) mass is 412 g/mol. The van der Waals surface area contributed by atoms with Crippen LogP contribution in [0.1, 0.15) is 15.9 Å². The molecule has 0 saturated heterocycles. The number of aliphatic carboxylic acids is 1. The molecule has 0 saturated carbocycles. The molecule has 0 fully saturated rings. The molecule has 0 unspecified atom stereocenters. The van der Waals surface area contributed by atoms with E-state index < -0.39 is 12.6 Å². The molecule has 0 heterocycles. The Bertz CT molecular complexity index is 1090. The summed E-state index contributed by atoms with van der Waals surface area (Å²) in [4.78, 5) is 23.2. The molecule has 29 heavy (non-hydrogen) atoms. The summed E-state index contributed by atoms with van der Waals surface area (Å²) in [6.07, 6.45) is 1.40. The van der Waals surface area contributed by atoms with Crippen LogP contribution in [0.25, 0.3) is 10.8 Å². The van der Waals surface area contributed by atoms with Crippen LogP contribution in [0.5, 0.6) is 11.5 Å². The number of nitrogens with zero attached hydrogens (tertiary/aromatic N) is 1. The molecular weight excluding hydrogens is 396 g/mol. The van der Waals surface area contributed by atoms with Crippen molar-refractivity contribution in [1.29, 1.82) is 0 Å². The van der Waals surface area contributed by atoms with E-state index in [1.807, 2.05) is 30.3 Å². The average molecular weight is 413 g/mol. The number of carboxylic acids is 1. The van der Waals surface area contributed by atoms with Crippen molar-refractivity contribution in [2.24, 2.45) is 5.10 Å². The van der Waals surface area contributed by atoms with Crippen LogP contribution in [0.2, 0.25) is 5.02 Å². The first-order valence-corrected chi connectivity index (χ1v) is 8.90. The zero-order chi connectivity index (χ0) is 20.8.